The van der Waals surface area contributed by atoms with Crippen LogP contribution in [0.5, 0.6) is 0 Å². The van der Waals surface area contributed by atoms with E-state index >= 15 is 0 Å². The first-order valence-corrected chi connectivity index (χ1v) is 9.93. The van der Waals surface area contributed by atoms with E-state index in [0.717, 1.165) is 0 Å². The minimum atomic E-state index is 0. The van der Waals surface area contributed by atoms with E-state index in [-0.39, 0.29) is 16.8 Å². The van der Waals surface area contributed by atoms with Crippen LogP contribution in [0.4, 0.5) is 0 Å². The van der Waals surface area contributed by atoms with Crippen LogP contribution in [0, 0.1) is 16.7 Å². The molecule has 0 nitrogen and oxygen atoms in total. The fourth-order valence-corrected chi connectivity index (χ4v) is 4.94. The van der Waals surface area contributed by atoms with Crippen molar-refractivity contribution in [1.82, 2.24) is 0 Å². The molecule has 0 spiro atoms. The van der Waals surface area contributed by atoms with Gasteiger partial charge in [-0.2, -0.15) is 0 Å². The number of rotatable bonds is 0. The van der Waals surface area contributed by atoms with Crippen molar-refractivity contribution in [3.05, 3.63) is 28.2 Å². The summed E-state index contributed by atoms with van der Waals surface area (Å²) in [5.74, 6) is 1.47. The smallest absolute Gasteiger partial charge is 0.0226 e. The molecule has 0 aromatic carbocycles. The van der Waals surface area contributed by atoms with Crippen molar-refractivity contribution in [2.24, 2.45) is 10.8 Å². The molecule has 0 amide bonds. The minimum Gasteiger partial charge on any atom is -0.0589 e. The fourth-order valence-electron chi connectivity index (χ4n) is 2.28. The van der Waals surface area contributed by atoms with Crippen molar-refractivity contribution in [3.63, 3.8) is 0 Å². The van der Waals surface area contributed by atoms with Gasteiger partial charge in [0.25, 0.3) is 0 Å². The average molecular weight is 394 g/mol. The summed E-state index contributed by atoms with van der Waals surface area (Å²) in [6, 6.07) is 0. The van der Waals surface area contributed by atoms with Crippen molar-refractivity contribution < 1.29 is 16.8 Å². The van der Waals surface area contributed by atoms with Crippen molar-refractivity contribution in [1.29, 1.82) is 0 Å². The van der Waals surface area contributed by atoms with Gasteiger partial charge in [0.2, 0.25) is 0 Å². The molecule has 23 heavy (non-hydrogen) atoms. The number of hydrogen-bond acceptors (Lipinski definition) is 0. The van der Waals surface area contributed by atoms with Gasteiger partial charge in [-0.25, -0.2) is 0 Å². The SMILES string of the molecule is CC(C)(C)C1=PC(C(C)(C)C)=P1.C[C]1C(C)=C(C)C(C)=C1C.[Co]. The van der Waals surface area contributed by atoms with Crippen LogP contribution in [0.1, 0.15) is 76.2 Å². The Balaban J connectivity index is 0.000000409. The Bertz CT molecular complexity index is 518. The Morgan fingerprint density at radius 1 is 0.522 bits per heavy atom. The molecule has 0 N–H and O–H groups in total. The molecule has 132 valence electrons. The molecule has 0 aromatic rings. The molecule has 0 fully saturated rings. The van der Waals surface area contributed by atoms with E-state index in [4.69, 9.17) is 0 Å². The molecule has 0 aromatic heterocycles. The molecule has 0 atom stereocenters. The molecular formula is C20H33CoP2. The van der Waals surface area contributed by atoms with Gasteiger partial charge in [-0.15, -0.1) is 0 Å². The first-order valence-electron chi connectivity index (χ1n) is 8.14. The van der Waals surface area contributed by atoms with Crippen LogP contribution in [0.3, 0.4) is 0 Å². The summed E-state index contributed by atoms with van der Waals surface area (Å²) in [6.07, 6.45) is 0. The Morgan fingerprint density at radius 2 is 0.783 bits per heavy atom. The largest absolute Gasteiger partial charge is 0.0589 e. The maximum Gasteiger partial charge on any atom is 0.0226 e. The number of allylic oxidation sites excluding steroid dienone is 4. The Kier molecular flexibility index (Phi) is 8.25. The fraction of sp³-hybridized carbons (Fsp3) is 0.650. The van der Waals surface area contributed by atoms with Gasteiger partial charge in [0.15, 0.2) is 0 Å². The second-order valence-electron chi connectivity index (χ2n) is 8.50. The van der Waals surface area contributed by atoms with Crippen LogP contribution in [-0.4, -0.2) is 10.1 Å². The Hall–Kier alpha value is 0.326. The molecule has 0 saturated heterocycles. The van der Waals surface area contributed by atoms with Crippen molar-refractivity contribution in [2.75, 3.05) is 0 Å². The molecule has 1 aliphatic heterocycles. The van der Waals surface area contributed by atoms with E-state index in [1.807, 2.05) is 0 Å². The van der Waals surface area contributed by atoms with E-state index in [9.17, 15) is 0 Å². The van der Waals surface area contributed by atoms with Crippen LogP contribution in [0.25, 0.3) is 0 Å². The van der Waals surface area contributed by atoms with Crippen molar-refractivity contribution >= 4 is 26.5 Å². The van der Waals surface area contributed by atoms with E-state index in [2.05, 4.69) is 76.2 Å². The maximum absolute atomic E-state index is 2.31. The summed E-state index contributed by atoms with van der Waals surface area (Å²) >= 11 is 0. The standard InChI is InChI=1S/C10H18P2.C10H15.Co/c1-9(2,3)7-11-8(12-7)10(4,5)6;1-6-7(2)9(4)10(5)8(6)3;/h1-6H3;1-5H3;. The molecule has 0 saturated carbocycles. The predicted molar refractivity (Wildman–Crippen MR) is 108 cm³/mol. The van der Waals surface area contributed by atoms with Gasteiger partial charge in [0, 0.05) is 32.8 Å². The second kappa shape index (κ2) is 8.14. The average Bonchev–Trinajstić information content (AvgIpc) is 2.42. The molecule has 2 aliphatic rings. The van der Waals surface area contributed by atoms with Gasteiger partial charge in [-0.3, -0.25) is 0 Å². The quantitative estimate of drug-likeness (QED) is 0.373. The zero-order chi connectivity index (χ0) is 17.5. The molecule has 2 radical (unpaired) electrons. The zero-order valence-electron chi connectivity index (χ0n) is 16.7. The molecule has 0 bridgehead atoms. The molecule has 1 aliphatic carbocycles. The Labute approximate surface area is 158 Å². The third-order valence-electron chi connectivity index (χ3n) is 4.58. The summed E-state index contributed by atoms with van der Waals surface area (Å²) < 4.78 is 0. The second-order valence-corrected chi connectivity index (χ2v) is 11.4. The first-order chi connectivity index (χ1) is 9.76. The van der Waals surface area contributed by atoms with Crippen LogP contribution in [-0.2, 0) is 16.8 Å². The first kappa shape index (κ1) is 23.3. The van der Waals surface area contributed by atoms with Gasteiger partial charge in [-0.1, -0.05) is 76.0 Å². The zero-order valence-corrected chi connectivity index (χ0v) is 19.6. The normalized spacial score (nSPS) is 20.1. The molecule has 1 heterocycles. The van der Waals surface area contributed by atoms with Crippen molar-refractivity contribution in [3.8, 4) is 0 Å². The summed E-state index contributed by atoms with van der Waals surface area (Å²) in [4.78, 5) is 0. The monoisotopic (exact) mass is 394 g/mol. The van der Waals surface area contributed by atoms with Gasteiger partial charge in [-0.05, 0) is 49.7 Å². The van der Waals surface area contributed by atoms with Gasteiger partial charge >= 0.3 is 0 Å². The minimum absolute atomic E-state index is 0. The third kappa shape index (κ3) is 5.67. The summed E-state index contributed by atoms with van der Waals surface area (Å²) in [7, 11) is 3.04. The van der Waals surface area contributed by atoms with E-state index in [0.29, 0.717) is 10.8 Å². The number of hydrogen-bond donors (Lipinski definition) is 0. The van der Waals surface area contributed by atoms with Crippen molar-refractivity contribution in [2.45, 2.75) is 76.2 Å². The van der Waals surface area contributed by atoms with Gasteiger partial charge < -0.3 is 0 Å². The molecule has 3 heteroatoms. The van der Waals surface area contributed by atoms with E-state index < -0.39 is 0 Å². The van der Waals surface area contributed by atoms with Crippen LogP contribution >= 0.6 is 16.4 Å². The van der Waals surface area contributed by atoms with Gasteiger partial charge in [0.1, 0.15) is 0 Å². The third-order valence-corrected chi connectivity index (χ3v) is 9.31. The van der Waals surface area contributed by atoms with E-state index in [1.54, 1.807) is 10.1 Å². The maximum atomic E-state index is 2.31. The summed E-state index contributed by atoms with van der Waals surface area (Å²) in [5, 5.41) is 3.35. The predicted octanol–water partition coefficient (Wildman–Crippen LogP) is 7.51. The topological polar surface area (TPSA) is 0 Å². The van der Waals surface area contributed by atoms with E-state index in [1.165, 1.54) is 44.6 Å². The van der Waals surface area contributed by atoms with Gasteiger partial charge in [0.05, 0.1) is 0 Å². The molecule has 0 unspecified atom stereocenters. The molecular weight excluding hydrogens is 361 g/mol. The molecule has 2 rings (SSSR count). The van der Waals surface area contributed by atoms with Crippen LogP contribution < -0.4 is 0 Å². The summed E-state index contributed by atoms with van der Waals surface area (Å²) in [6.45, 7) is 24.8. The summed E-state index contributed by atoms with van der Waals surface area (Å²) in [5.41, 5.74) is 6.70. The van der Waals surface area contributed by atoms with Crippen LogP contribution in [0.15, 0.2) is 22.3 Å². The van der Waals surface area contributed by atoms with Crippen LogP contribution in [0.2, 0.25) is 0 Å². The Morgan fingerprint density at radius 3 is 0.913 bits per heavy atom.